The third-order valence-corrected chi connectivity index (χ3v) is 3.33. The van der Waals surface area contributed by atoms with Gasteiger partial charge >= 0.3 is 0 Å². The zero-order valence-corrected chi connectivity index (χ0v) is 11.0. The number of methoxy groups -OCH3 is 1. The molecule has 0 spiro atoms. The summed E-state index contributed by atoms with van der Waals surface area (Å²) < 4.78 is 5.22. The van der Waals surface area contributed by atoms with Crippen LogP contribution in [0.25, 0.3) is 21.9 Å². The molecule has 0 saturated heterocycles. The van der Waals surface area contributed by atoms with Crippen LogP contribution in [-0.2, 0) is 0 Å². The molecular weight excluding hydrogens is 250 g/mol. The number of rotatable bonds is 3. The van der Waals surface area contributed by atoms with Gasteiger partial charge in [0.25, 0.3) is 0 Å². The van der Waals surface area contributed by atoms with E-state index in [1.54, 1.807) is 19.2 Å². The maximum Gasteiger partial charge on any atom is 0.119 e. The molecule has 3 nitrogen and oxygen atoms in total. The molecule has 98 valence electrons. The van der Waals surface area contributed by atoms with E-state index in [9.17, 15) is 4.91 Å². The van der Waals surface area contributed by atoms with Gasteiger partial charge in [0, 0.05) is 0 Å². The molecule has 0 heterocycles. The summed E-state index contributed by atoms with van der Waals surface area (Å²) in [7, 11) is 1.66. The molecule has 20 heavy (non-hydrogen) atoms. The maximum atomic E-state index is 10.6. The molecule has 3 aromatic rings. The van der Waals surface area contributed by atoms with Gasteiger partial charge in [-0.2, -0.15) is 0 Å². The summed E-state index contributed by atoms with van der Waals surface area (Å²) >= 11 is 0. The Morgan fingerprint density at radius 2 is 1.60 bits per heavy atom. The molecular formula is C17H13NO2. The Hall–Kier alpha value is -2.68. The van der Waals surface area contributed by atoms with Crippen molar-refractivity contribution in [1.82, 2.24) is 0 Å². The van der Waals surface area contributed by atoms with Gasteiger partial charge in [-0.05, 0) is 57.4 Å². The number of hydrogen-bond acceptors (Lipinski definition) is 3. The summed E-state index contributed by atoms with van der Waals surface area (Å²) in [5.74, 6) is 0.845. The summed E-state index contributed by atoms with van der Waals surface area (Å²) in [6.07, 6.45) is 0. The predicted octanol–water partition coefficient (Wildman–Crippen LogP) is 4.91. The van der Waals surface area contributed by atoms with Crippen LogP contribution in [0.15, 0.2) is 65.8 Å². The van der Waals surface area contributed by atoms with Gasteiger partial charge in [-0.1, -0.05) is 30.3 Å². The second-order valence-corrected chi connectivity index (χ2v) is 4.57. The molecule has 0 N–H and O–H groups in total. The van der Waals surface area contributed by atoms with E-state index >= 15 is 0 Å². The summed E-state index contributed by atoms with van der Waals surface area (Å²) in [6.45, 7) is 0. The standard InChI is InChI=1S/C17H13NO2/c1-20-17-8-7-14-9-13(5-6-15(14)11-17)12-3-2-4-16(10-12)18-19/h2-11H,1H3. The van der Waals surface area contributed by atoms with Gasteiger partial charge in [-0.3, -0.25) is 0 Å². The Kier molecular flexibility index (Phi) is 3.17. The van der Waals surface area contributed by atoms with Crippen LogP contribution in [0.5, 0.6) is 5.75 Å². The minimum absolute atomic E-state index is 0.442. The summed E-state index contributed by atoms with van der Waals surface area (Å²) in [5.41, 5.74) is 2.49. The molecule has 3 heteroatoms. The average Bonchev–Trinajstić information content (AvgIpc) is 2.54. The lowest BCUT2D eigenvalue weighted by molar-refractivity contribution is 0.415. The molecule has 3 rings (SSSR count). The molecule has 3 aromatic carbocycles. The van der Waals surface area contributed by atoms with E-state index in [4.69, 9.17) is 4.74 Å². The second kappa shape index (κ2) is 5.13. The average molecular weight is 263 g/mol. The molecule has 0 fully saturated rings. The van der Waals surface area contributed by atoms with Crippen molar-refractivity contribution in [1.29, 1.82) is 0 Å². The smallest absolute Gasteiger partial charge is 0.119 e. The lowest BCUT2D eigenvalue weighted by Gasteiger charge is -2.06. The number of nitrogens with zero attached hydrogens (tertiary/aromatic N) is 1. The predicted molar refractivity (Wildman–Crippen MR) is 81.4 cm³/mol. The van der Waals surface area contributed by atoms with Crippen LogP contribution < -0.4 is 4.74 Å². The molecule has 0 aliphatic carbocycles. The fourth-order valence-electron chi connectivity index (χ4n) is 2.27. The van der Waals surface area contributed by atoms with Crippen LogP contribution >= 0.6 is 0 Å². The van der Waals surface area contributed by atoms with E-state index in [0.717, 1.165) is 27.6 Å². The first kappa shape index (κ1) is 12.4. The van der Waals surface area contributed by atoms with E-state index in [1.807, 2.05) is 42.5 Å². The van der Waals surface area contributed by atoms with Crippen molar-refractivity contribution < 1.29 is 4.74 Å². The van der Waals surface area contributed by atoms with Crippen LogP contribution in [0.2, 0.25) is 0 Å². The third-order valence-electron chi connectivity index (χ3n) is 3.33. The number of fused-ring (bicyclic) bond motifs is 1. The van der Waals surface area contributed by atoms with Gasteiger partial charge in [-0.25, -0.2) is 0 Å². The third kappa shape index (κ3) is 2.26. The van der Waals surface area contributed by atoms with Crippen molar-refractivity contribution in [2.45, 2.75) is 0 Å². The normalized spacial score (nSPS) is 10.4. The maximum absolute atomic E-state index is 10.6. The van der Waals surface area contributed by atoms with Crippen LogP contribution in [-0.4, -0.2) is 7.11 Å². The first-order chi connectivity index (χ1) is 9.80. The Bertz CT molecular complexity index is 781. The highest BCUT2D eigenvalue weighted by molar-refractivity contribution is 5.88. The zero-order chi connectivity index (χ0) is 13.9. The van der Waals surface area contributed by atoms with E-state index < -0.39 is 0 Å². The van der Waals surface area contributed by atoms with Gasteiger partial charge in [0.05, 0.1) is 7.11 Å². The van der Waals surface area contributed by atoms with Crippen molar-refractivity contribution in [3.05, 3.63) is 65.6 Å². The minimum Gasteiger partial charge on any atom is -0.497 e. The topological polar surface area (TPSA) is 38.7 Å². The highest BCUT2D eigenvalue weighted by atomic mass is 16.5. The minimum atomic E-state index is 0.442. The molecule has 0 radical (unpaired) electrons. The van der Waals surface area contributed by atoms with E-state index in [1.165, 1.54) is 0 Å². The van der Waals surface area contributed by atoms with Crippen molar-refractivity contribution >= 4 is 16.5 Å². The SMILES string of the molecule is COc1ccc2cc(-c3cccc(N=O)c3)ccc2c1. The van der Waals surface area contributed by atoms with Crippen molar-refractivity contribution in [2.24, 2.45) is 5.18 Å². The molecule has 0 atom stereocenters. The van der Waals surface area contributed by atoms with Gasteiger partial charge in [-0.15, -0.1) is 4.91 Å². The first-order valence-corrected chi connectivity index (χ1v) is 6.32. The van der Waals surface area contributed by atoms with E-state index in [0.29, 0.717) is 5.69 Å². The second-order valence-electron chi connectivity index (χ2n) is 4.57. The lowest BCUT2D eigenvalue weighted by atomic mass is 10.0. The van der Waals surface area contributed by atoms with Crippen LogP contribution in [0, 0.1) is 4.91 Å². The molecule has 0 aromatic heterocycles. The molecule has 0 aliphatic heterocycles. The quantitative estimate of drug-likeness (QED) is 0.629. The molecule has 0 amide bonds. The van der Waals surface area contributed by atoms with Crippen LogP contribution in [0.1, 0.15) is 0 Å². The Morgan fingerprint density at radius 3 is 2.40 bits per heavy atom. The molecule has 0 unspecified atom stereocenters. The fraction of sp³-hybridized carbons (Fsp3) is 0.0588. The van der Waals surface area contributed by atoms with Crippen LogP contribution in [0.4, 0.5) is 5.69 Å². The summed E-state index contributed by atoms with van der Waals surface area (Å²) in [4.78, 5) is 10.6. The number of nitroso groups, excluding NO2 is 1. The van der Waals surface area contributed by atoms with Crippen molar-refractivity contribution in [2.75, 3.05) is 7.11 Å². The molecule has 0 aliphatic rings. The van der Waals surface area contributed by atoms with Gasteiger partial charge < -0.3 is 4.74 Å². The highest BCUT2D eigenvalue weighted by Crippen LogP contribution is 2.28. The Balaban J connectivity index is 2.10. The van der Waals surface area contributed by atoms with Crippen LogP contribution in [0.3, 0.4) is 0 Å². The summed E-state index contributed by atoms with van der Waals surface area (Å²) in [5, 5.41) is 5.23. The van der Waals surface area contributed by atoms with Gasteiger partial charge in [0.1, 0.15) is 11.4 Å². The number of ether oxygens (including phenoxy) is 1. The Labute approximate surface area is 116 Å². The molecule has 0 bridgehead atoms. The summed E-state index contributed by atoms with van der Waals surface area (Å²) in [6, 6.07) is 19.4. The van der Waals surface area contributed by atoms with Crippen molar-refractivity contribution in [3.8, 4) is 16.9 Å². The highest BCUT2D eigenvalue weighted by Gasteiger charge is 2.02. The molecule has 0 saturated carbocycles. The van der Waals surface area contributed by atoms with E-state index in [-0.39, 0.29) is 0 Å². The van der Waals surface area contributed by atoms with Gasteiger partial charge in [0.15, 0.2) is 0 Å². The lowest BCUT2D eigenvalue weighted by Crippen LogP contribution is -1.83. The zero-order valence-electron chi connectivity index (χ0n) is 11.0. The monoisotopic (exact) mass is 263 g/mol. The van der Waals surface area contributed by atoms with E-state index in [2.05, 4.69) is 11.2 Å². The van der Waals surface area contributed by atoms with Crippen molar-refractivity contribution in [3.63, 3.8) is 0 Å². The number of hydrogen-bond donors (Lipinski definition) is 0. The fourth-order valence-corrected chi connectivity index (χ4v) is 2.27. The number of benzene rings is 3. The largest absolute Gasteiger partial charge is 0.497 e. The Morgan fingerprint density at radius 1 is 0.850 bits per heavy atom. The first-order valence-electron chi connectivity index (χ1n) is 6.32. The van der Waals surface area contributed by atoms with Gasteiger partial charge in [0.2, 0.25) is 0 Å².